The Balaban J connectivity index is 1.98. The quantitative estimate of drug-likeness (QED) is 0.473. The minimum absolute atomic E-state index is 0.124. The summed E-state index contributed by atoms with van der Waals surface area (Å²) in [6.45, 7) is 0. The lowest BCUT2D eigenvalue weighted by Crippen LogP contribution is -2.44. The van der Waals surface area contributed by atoms with Crippen LogP contribution < -0.4 is 10.1 Å². The highest BCUT2D eigenvalue weighted by atomic mass is 35.5. The van der Waals surface area contributed by atoms with Crippen molar-refractivity contribution in [3.63, 3.8) is 0 Å². The van der Waals surface area contributed by atoms with Crippen LogP contribution in [0.1, 0.15) is 10.9 Å². The van der Waals surface area contributed by atoms with E-state index in [1.165, 1.54) is 27.7 Å². The largest absolute Gasteiger partial charge is 0.477 e. The number of hydrogen-bond donors (Lipinski definition) is 1. The van der Waals surface area contributed by atoms with Crippen molar-refractivity contribution in [1.29, 1.82) is 0 Å². The molecule has 0 amide bonds. The molecule has 1 aromatic carbocycles. The van der Waals surface area contributed by atoms with Crippen molar-refractivity contribution in [2.45, 2.75) is 11.2 Å². The maximum atomic E-state index is 12.9. The van der Waals surface area contributed by atoms with Crippen LogP contribution in [0.3, 0.4) is 0 Å². The Morgan fingerprint density at radius 2 is 1.96 bits per heavy atom. The average Bonchev–Trinajstić information content (AvgIpc) is 3.18. The van der Waals surface area contributed by atoms with E-state index in [2.05, 4.69) is 4.98 Å². The summed E-state index contributed by atoms with van der Waals surface area (Å²) in [5.74, 6) is 0.542. The zero-order valence-corrected chi connectivity index (χ0v) is 17.1. The van der Waals surface area contributed by atoms with Crippen molar-refractivity contribution in [1.82, 2.24) is 9.55 Å². The van der Waals surface area contributed by atoms with Gasteiger partial charge in [-0.3, -0.25) is 0 Å². The number of halogens is 3. The SMILES string of the molecule is Cn1c2[n+](c(O)c(-c3cc(Cl)cc(Cl)c3)c1=O)[C@H](c1cnc(Cl)s1)CS2. The minimum atomic E-state index is -0.317. The first-order chi connectivity index (χ1) is 12.4. The van der Waals surface area contributed by atoms with E-state index in [1.807, 2.05) is 0 Å². The van der Waals surface area contributed by atoms with Crippen LogP contribution in [-0.4, -0.2) is 20.4 Å². The lowest BCUT2D eigenvalue weighted by atomic mass is 10.1. The number of thioether (sulfide) groups is 1. The monoisotopic (exact) mass is 446 g/mol. The number of aromatic hydroxyl groups is 1. The summed E-state index contributed by atoms with van der Waals surface area (Å²) in [5, 5.41) is 12.4. The molecule has 0 bridgehead atoms. The lowest BCUT2D eigenvalue weighted by molar-refractivity contribution is -0.748. The Morgan fingerprint density at radius 3 is 2.58 bits per heavy atom. The Bertz CT molecular complexity index is 1080. The normalized spacial score (nSPS) is 16.1. The van der Waals surface area contributed by atoms with E-state index in [1.54, 1.807) is 36.0 Å². The number of benzene rings is 1. The molecule has 1 N–H and O–H groups in total. The molecule has 0 fully saturated rings. The summed E-state index contributed by atoms with van der Waals surface area (Å²) in [5.41, 5.74) is 0.306. The molecule has 0 unspecified atom stereocenters. The third-order valence-corrected chi connectivity index (χ3v) is 6.98. The molecule has 0 saturated heterocycles. The topological polar surface area (TPSA) is 59.0 Å². The van der Waals surface area contributed by atoms with Gasteiger partial charge in [0.1, 0.15) is 0 Å². The average molecular weight is 448 g/mol. The molecule has 3 aromatic rings. The van der Waals surface area contributed by atoms with Crippen LogP contribution >= 0.6 is 57.9 Å². The Morgan fingerprint density at radius 1 is 1.27 bits per heavy atom. The molecule has 134 valence electrons. The van der Waals surface area contributed by atoms with E-state index >= 15 is 0 Å². The first-order valence-electron chi connectivity index (χ1n) is 7.45. The van der Waals surface area contributed by atoms with E-state index < -0.39 is 0 Å². The van der Waals surface area contributed by atoms with Gasteiger partial charge in [0.05, 0.1) is 17.7 Å². The standard InChI is InChI=1S/C16H10Cl3N3O2S2/c1-21-13(23)12(7-2-8(17)4-9(18)3-7)14(24)22-10(6-25-16(21)22)11-5-20-15(19)26-11/h2-5,10H,6H2,1H3/p+1/t10-/m0/s1. The number of aromatic nitrogens is 3. The van der Waals surface area contributed by atoms with E-state index in [4.69, 9.17) is 34.8 Å². The molecule has 1 aliphatic rings. The van der Waals surface area contributed by atoms with Crippen LogP contribution in [-0.2, 0) is 7.05 Å². The minimum Gasteiger partial charge on any atom is -0.477 e. The molecule has 1 atom stereocenters. The second-order valence-electron chi connectivity index (χ2n) is 5.72. The third-order valence-electron chi connectivity index (χ3n) is 4.12. The molecule has 3 heterocycles. The molecule has 26 heavy (non-hydrogen) atoms. The Kier molecular flexibility index (Phi) is 4.69. The molecule has 0 spiro atoms. The fourth-order valence-electron chi connectivity index (χ4n) is 2.98. The molecular weight excluding hydrogens is 437 g/mol. The van der Waals surface area contributed by atoms with E-state index in [0.717, 1.165) is 4.88 Å². The van der Waals surface area contributed by atoms with Crippen LogP contribution in [0.2, 0.25) is 14.5 Å². The van der Waals surface area contributed by atoms with Gasteiger partial charge in [-0.05, 0) is 30.0 Å². The van der Waals surface area contributed by atoms with Crippen molar-refractivity contribution in [2.75, 3.05) is 5.75 Å². The van der Waals surface area contributed by atoms with Crippen molar-refractivity contribution in [3.05, 3.63) is 54.1 Å². The summed E-state index contributed by atoms with van der Waals surface area (Å²) in [7, 11) is 1.68. The molecule has 1 aliphatic heterocycles. The number of nitrogens with zero attached hydrogens (tertiary/aromatic N) is 3. The van der Waals surface area contributed by atoms with Gasteiger partial charge in [0, 0.05) is 21.8 Å². The Hall–Kier alpha value is -1.25. The second-order valence-corrected chi connectivity index (χ2v) is 9.22. The van der Waals surface area contributed by atoms with Gasteiger partial charge in [-0.2, -0.15) is 9.13 Å². The van der Waals surface area contributed by atoms with Crippen LogP contribution in [0.25, 0.3) is 11.1 Å². The number of fused-ring (bicyclic) bond motifs is 1. The maximum Gasteiger partial charge on any atom is 0.349 e. The molecule has 2 aromatic heterocycles. The van der Waals surface area contributed by atoms with Crippen molar-refractivity contribution in [2.24, 2.45) is 7.05 Å². The Labute approximate surface area is 171 Å². The lowest BCUT2D eigenvalue weighted by Gasteiger charge is -2.12. The number of thiazole rings is 1. The fourth-order valence-corrected chi connectivity index (χ4v) is 5.92. The maximum absolute atomic E-state index is 12.9. The van der Waals surface area contributed by atoms with Crippen LogP contribution in [0.15, 0.2) is 34.3 Å². The van der Waals surface area contributed by atoms with Crippen LogP contribution in [0.5, 0.6) is 5.88 Å². The van der Waals surface area contributed by atoms with Gasteiger partial charge in [0.2, 0.25) is 0 Å². The summed E-state index contributed by atoms with van der Waals surface area (Å²) in [6, 6.07) is 4.63. The predicted octanol–water partition coefficient (Wildman–Crippen LogP) is 4.16. The van der Waals surface area contributed by atoms with Gasteiger partial charge in [-0.1, -0.05) is 34.8 Å². The molecule has 0 aliphatic carbocycles. The highest BCUT2D eigenvalue weighted by molar-refractivity contribution is 7.99. The highest BCUT2D eigenvalue weighted by Gasteiger charge is 2.40. The summed E-state index contributed by atoms with van der Waals surface area (Å²) >= 11 is 21.0. The summed E-state index contributed by atoms with van der Waals surface area (Å²) < 4.78 is 3.70. The van der Waals surface area contributed by atoms with Gasteiger partial charge in [0.15, 0.2) is 16.1 Å². The van der Waals surface area contributed by atoms with E-state index in [9.17, 15) is 9.90 Å². The zero-order chi connectivity index (χ0) is 18.6. The molecule has 5 nitrogen and oxygen atoms in total. The van der Waals surface area contributed by atoms with Gasteiger partial charge in [-0.15, -0.1) is 11.3 Å². The molecule has 0 radical (unpaired) electrons. The fraction of sp³-hybridized carbons (Fsp3) is 0.188. The van der Waals surface area contributed by atoms with Crippen molar-refractivity contribution >= 4 is 57.9 Å². The molecular formula is C16H11Cl3N3O2S2+. The van der Waals surface area contributed by atoms with Gasteiger partial charge in [-0.25, -0.2) is 9.78 Å². The van der Waals surface area contributed by atoms with Crippen molar-refractivity contribution < 1.29 is 9.67 Å². The summed E-state index contributed by atoms with van der Waals surface area (Å²) in [4.78, 5) is 17.9. The highest BCUT2D eigenvalue weighted by Crippen LogP contribution is 2.38. The predicted molar refractivity (Wildman–Crippen MR) is 105 cm³/mol. The van der Waals surface area contributed by atoms with Crippen LogP contribution in [0, 0.1) is 0 Å². The first kappa shape index (κ1) is 18.1. The third kappa shape index (κ3) is 2.92. The van der Waals surface area contributed by atoms with Crippen LogP contribution in [0.4, 0.5) is 0 Å². The van der Waals surface area contributed by atoms with Crippen molar-refractivity contribution in [3.8, 4) is 17.0 Å². The number of hydrogen-bond acceptors (Lipinski definition) is 5. The van der Waals surface area contributed by atoms with Gasteiger partial charge in [0.25, 0.3) is 5.88 Å². The van der Waals surface area contributed by atoms with Gasteiger partial charge >= 0.3 is 10.7 Å². The smallest absolute Gasteiger partial charge is 0.349 e. The zero-order valence-electron chi connectivity index (χ0n) is 13.2. The second kappa shape index (κ2) is 6.73. The first-order valence-corrected chi connectivity index (χ1v) is 10.4. The molecule has 10 heteroatoms. The van der Waals surface area contributed by atoms with Gasteiger partial charge < -0.3 is 5.11 Å². The number of rotatable bonds is 2. The summed E-state index contributed by atoms with van der Waals surface area (Å²) in [6.07, 6.45) is 1.70. The van der Waals surface area contributed by atoms with E-state index in [0.29, 0.717) is 31.0 Å². The van der Waals surface area contributed by atoms with E-state index in [-0.39, 0.29) is 23.0 Å². The molecule has 0 saturated carbocycles. The molecule has 4 rings (SSSR count).